The van der Waals surface area contributed by atoms with Gasteiger partial charge in [0, 0.05) is 19.8 Å². The lowest BCUT2D eigenvalue weighted by atomic mass is 9.83. The van der Waals surface area contributed by atoms with Gasteiger partial charge in [-0.25, -0.2) is 13.6 Å². The fourth-order valence-corrected chi connectivity index (χ4v) is 4.03. The summed E-state index contributed by atoms with van der Waals surface area (Å²) in [4.78, 5) is 0. The average molecular weight is 380 g/mol. The molecule has 0 saturated heterocycles. The van der Waals surface area contributed by atoms with E-state index in [1.165, 1.54) is 0 Å². The second kappa shape index (κ2) is 11.5. The van der Waals surface area contributed by atoms with Crippen LogP contribution in [0.1, 0.15) is 86.0 Å². The molecule has 0 aromatic rings. The predicted molar refractivity (Wildman–Crippen MR) is 105 cm³/mol. The van der Waals surface area contributed by atoms with Crippen molar-refractivity contribution >= 4 is 10.0 Å². The topological polar surface area (TPSA) is 89.6 Å². The molecule has 5 nitrogen and oxygen atoms in total. The minimum absolute atomic E-state index is 0.277. The first-order chi connectivity index (χ1) is 11.4. The van der Waals surface area contributed by atoms with E-state index in [1.807, 2.05) is 13.8 Å². The Morgan fingerprint density at radius 2 is 1.40 bits per heavy atom. The van der Waals surface area contributed by atoms with Crippen LogP contribution in [0.15, 0.2) is 0 Å². The van der Waals surface area contributed by atoms with E-state index in [1.54, 1.807) is 6.92 Å². The van der Waals surface area contributed by atoms with E-state index >= 15 is 0 Å². The van der Waals surface area contributed by atoms with Gasteiger partial charge in [0.05, 0.1) is 5.25 Å². The molecule has 0 amide bonds. The van der Waals surface area contributed by atoms with Crippen molar-refractivity contribution in [3.8, 4) is 0 Å². The Morgan fingerprint density at radius 3 is 1.88 bits per heavy atom. The van der Waals surface area contributed by atoms with Crippen molar-refractivity contribution in [3.63, 3.8) is 0 Å². The molecule has 0 aliphatic rings. The van der Waals surface area contributed by atoms with E-state index < -0.39 is 15.3 Å². The summed E-state index contributed by atoms with van der Waals surface area (Å²) < 4.78 is 28.7. The molecule has 0 bridgehead atoms. The second-order valence-corrected chi connectivity index (χ2v) is 10.6. The van der Waals surface area contributed by atoms with Crippen LogP contribution in [-0.2, 0) is 14.8 Å². The smallest absolute Gasteiger partial charge is 0.212 e. The molecule has 0 aliphatic carbocycles. The van der Waals surface area contributed by atoms with Gasteiger partial charge < -0.3 is 9.84 Å². The minimum Gasteiger partial charge on any atom is -0.396 e. The number of ether oxygens (including phenoxy) is 1. The number of nitrogens with two attached hydrogens (primary N) is 1. The molecule has 3 N–H and O–H groups in total. The Hall–Kier alpha value is -0.170. The minimum atomic E-state index is -3.48. The Bertz CT molecular complexity index is 446. The lowest BCUT2D eigenvalue weighted by Gasteiger charge is -2.30. The van der Waals surface area contributed by atoms with Crippen LogP contribution in [0.2, 0.25) is 0 Å². The summed E-state index contributed by atoms with van der Waals surface area (Å²) in [7, 11) is -3.48. The van der Waals surface area contributed by atoms with Gasteiger partial charge in [0.25, 0.3) is 0 Å². The highest BCUT2D eigenvalue weighted by Gasteiger charge is 2.33. The summed E-state index contributed by atoms with van der Waals surface area (Å²) in [5.41, 5.74) is -0.0118. The van der Waals surface area contributed by atoms with Gasteiger partial charge in [-0.05, 0) is 56.3 Å². The summed E-state index contributed by atoms with van der Waals surface area (Å²) in [5.74, 6) is 0. The summed E-state index contributed by atoms with van der Waals surface area (Å²) in [6, 6.07) is 0. The SMILES string of the molecule is CC(C(C)(C)CCCCOCCCCC(C)(C)CCCO)S(N)(=O)=O. The molecule has 0 fully saturated rings. The maximum absolute atomic E-state index is 11.5. The first kappa shape index (κ1) is 24.8. The maximum atomic E-state index is 11.5. The fraction of sp³-hybridized carbons (Fsp3) is 1.00. The van der Waals surface area contributed by atoms with Crippen molar-refractivity contribution in [2.24, 2.45) is 16.0 Å². The van der Waals surface area contributed by atoms with Gasteiger partial charge in [0.1, 0.15) is 0 Å². The van der Waals surface area contributed by atoms with E-state index in [2.05, 4.69) is 13.8 Å². The molecule has 25 heavy (non-hydrogen) atoms. The van der Waals surface area contributed by atoms with Crippen molar-refractivity contribution in [2.45, 2.75) is 91.2 Å². The van der Waals surface area contributed by atoms with Gasteiger partial charge >= 0.3 is 0 Å². The van der Waals surface area contributed by atoms with E-state index in [0.29, 0.717) is 5.41 Å². The Labute approximate surface area is 155 Å². The van der Waals surface area contributed by atoms with Crippen LogP contribution in [0, 0.1) is 10.8 Å². The molecule has 0 spiro atoms. The molecule has 0 aromatic carbocycles. The highest BCUT2D eigenvalue weighted by Crippen LogP contribution is 2.31. The van der Waals surface area contributed by atoms with Gasteiger partial charge in [-0.15, -0.1) is 0 Å². The molecule has 6 heteroatoms. The van der Waals surface area contributed by atoms with Gasteiger partial charge in [-0.3, -0.25) is 0 Å². The highest BCUT2D eigenvalue weighted by molar-refractivity contribution is 7.89. The molecule has 1 unspecified atom stereocenters. The third kappa shape index (κ3) is 11.9. The molecule has 0 rings (SSSR count). The molecule has 0 aliphatic heterocycles. The van der Waals surface area contributed by atoms with Crippen LogP contribution in [0.25, 0.3) is 0 Å². The molecule has 1 atom stereocenters. The van der Waals surface area contributed by atoms with Crippen molar-refractivity contribution < 1.29 is 18.3 Å². The van der Waals surface area contributed by atoms with Gasteiger partial charge in [0.2, 0.25) is 10.0 Å². The van der Waals surface area contributed by atoms with Crippen molar-refractivity contribution in [2.75, 3.05) is 19.8 Å². The lowest BCUT2D eigenvalue weighted by Crippen LogP contribution is -2.38. The van der Waals surface area contributed by atoms with Crippen molar-refractivity contribution in [3.05, 3.63) is 0 Å². The zero-order chi connectivity index (χ0) is 19.6. The number of primary sulfonamides is 1. The fourth-order valence-electron chi connectivity index (χ4n) is 3.03. The predicted octanol–water partition coefficient (Wildman–Crippen LogP) is 3.85. The van der Waals surface area contributed by atoms with E-state index in [0.717, 1.165) is 64.6 Å². The molecule has 152 valence electrons. The Balaban J connectivity index is 3.71. The Kier molecular flexibility index (Phi) is 11.4. The van der Waals surface area contributed by atoms with Gasteiger partial charge in [-0.1, -0.05) is 40.5 Å². The highest BCUT2D eigenvalue weighted by atomic mass is 32.2. The van der Waals surface area contributed by atoms with E-state index in [4.69, 9.17) is 15.0 Å². The van der Waals surface area contributed by atoms with Crippen LogP contribution in [0.3, 0.4) is 0 Å². The van der Waals surface area contributed by atoms with Crippen LogP contribution >= 0.6 is 0 Å². The normalized spacial score (nSPS) is 14.7. The van der Waals surface area contributed by atoms with Crippen LogP contribution in [-0.4, -0.2) is 38.6 Å². The standard InChI is InChI=1S/C19H41NO4S/c1-17(25(20,22)23)19(4,5)13-7-9-16-24-15-8-6-11-18(2,3)12-10-14-21/h17,21H,6-16H2,1-5H3,(H2,20,22,23). The summed E-state index contributed by atoms with van der Waals surface area (Å²) in [6.45, 7) is 11.9. The first-order valence-electron chi connectivity index (χ1n) is 9.63. The number of aliphatic hydroxyl groups is 1. The van der Waals surface area contributed by atoms with Crippen molar-refractivity contribution in [1.82, 2.24) is 0 Å². The summed E-state index contributed by atoms with van der Waals surface area (Å²) in [5, 5.41) is 13.6. The van der Waals surface area contributed by atoms with Crippen LogP contribution in [0.4, 0.5) is 0 Å². The van der Waals surface area contributed by atoms with Crippen LogP contribution < -0.4 is 5.14 Å². The largest absolute Gasteiger partial charge is 0.396 e. The van der Waals surface area contributed by atoms with Gasteiger partial charge in [-0.2, -0.15) is 0 Å². The molecule has 0 aromatic heterocycles. The molecular formula is C19H41NO4S. The monoisotopic (exact) mass is 379 g/mol. The van der Waals surface area contributed by atoms with Gasteiger partial charge in [0.15, 0.2) is 0 Å². The number of rotatable bonds is 15. The third-order valence-corrected chi connectivity index (χ3v) is 6.98. The Morgan fingerprint density at radius 1 is 0.920 bits per heavy atom. The number of hydrogen-bond donors (Lipinski definition) is 2. The second-order valence-electron chi connectivity index (χ2n) is 8.74. The van der Waals surface area contributed by atoms with Crippen molar-refractivity contribution in [1.29, 1.82) is 0 Å². The number of sulfonamides is 1. The summed E-state index contributed by atoms with van der Waals surface area (Å²) in [6.07, 6.45) is 8.04. The lowest BCUT2D eigenvalue weighted by molar-refractivity contribution is 0.119. The molecular weight excluding hydrogens is 338 g/mol. The zero-order valence-corrected chi connectivity index (χ0v) is 17.8. The van der Waals surface area contributed by atoms with E-state index in [-0.39, 0.29) is 12.0 Å². The molecule has 0 saturated carbocycles. The first-order valence-corrected chi connectivity index (χ1v) is 11.2. The van der Waals surface area contributed by atoms with Crippen LogP contribution in [0.5, 0.6) is 0 Å². The maximum Gasteiger partial charge on any atom is 0.212 e. The molecule has 0 heterocycles. The van der Waals surface area contributed by atoms with E-state index in [9.17, 15) is 8.42 Å². The number of hydrogen-bond acceptors (Lipinski definition) is 4. The summed E-state index contributed by atoms with van der Waals surface area (Å²) >= 11 is 0. The number of unbranched alkanes of at least 4 members (excludes halogenated alkanes) is 2. The third-order valence-electron chi connectivity index (χ3n) is 5.36. The molecule has 0 radical (unpaired) electrons. The quantitative estimate of drug-likeness (QED) is 0.423. The zero-order valence-electron chi connectivity index (χ0n) is 17.0. The average Bonchev–Trinajstić information content (AvgIpc) is 2.49. The number of aliphatic hydroxyl groups excluding tert-OH is 1.